The molecule has 0 aliphatic heterocycles. The normalized spacial score (nSPS) is 10.9. The summed E-state index contributed by atoms with van der Waals surface area (Å²) in [7, 11) is 0. The predicted molar refractivity (Wildman–Crippen MR) is 68.4 cm³/mol. The number of nitrogens with one attached hydrogen (secondary N) is 2. The van der Waals surface area contributed by atoms with Gasteiger partial charge in [-0.2, -0.15) is 0 Å². The van der Waals surface area contributed by atoms with Gasteiger partial charge < -0.3 is 20.1 Å². The van der Waals surface area contributed by atoms with Gasteiger partial charge in [-0.3, -0.25) is 4.79 Å². The summed E-state index contributed by atoms with van der Waals surface area (Å²) in [5.74, 6) is 0.00507. The second kappa shape index (κ2) is 8.74. The Morgan fingerprint density at radius 1 is 1.06 bits per heavy atom. The van der Waals surface area contributed by atoms with Crippen LogP contribution < -0.4 is 10.6 Å². The maximum atomic E-state index is 11.2. The van der Waals surface area contributed by atoms with Crippen LogP contribution in [0.2, 0.25) is 0 Å². The molecule has 0 radical (unpaired) electrons. The van der Waals surface area contributed by atoms with Crippen LogP contribution in [-0.4, -0.2) is 43.9 Å². The molecule has 0 aromatic heterocycles. The van der Waals surface area contributed by atoms with Gasteiger partial charge >= 0.3 is 6.09 Å². The van der Waals surface area contributed by atoms with Gasteiger partial charge in [0.1, 0.15) is 5.60 Å². The molecule has 6 nitrogen and oxygen atoms in total. The Kier molecular flexibility index (Phi) is 8.11. The molecular formula is C12H24N2O4. The van der Waals surface area contributed by atoms with Crippen LogP contribution in [0, 0.1) is 0 Å². The summed E-state index contributed by atoms with van der Waals surface area (Å²) in [5.41, 5.74) is -0.491. The molecular weight excluding hydrogens is 236 g/mol. The molecule has 18 heavy (non-hydrogen) atoms. The molecule has 0 aliphatic carbocycles. The van der Waals surface area contributed by atoms with Gasteiger partial charge in [0, 0.05) is 19.5 Å². The topological polar surface area (TPSA) is 76.7 Å². The molecule has 0 atom stereocenters. The molecule has 0 fully saturated rings. The van der Waals surface area contributed by atoms with Crippen molar-refractivity contribution in [2.75, 3.05) is 26.3 Å². The lowest BCUT2D eigenvalue weighted by Crippen LogP contribution is -2.34. The van der Waals surface area contributed by atoms with E-state index in [-0.39, 0.29) is 5.91 Å². The fourth-order valence-corrected chi connectivity index (χ4v) is 1.03. The van der Waals surface area contributed by atoms with Gasteiger partial charge in [-0.25, -0.2) is 4.79 Å². The summed E-state index contributed by atoms with van der Waals surface area (Å²) in [6.07, 6.45) is 0.0191. The number of carbonyl (C=O) groups excluding carboxylic acids is 2. The lowest BCUT2D eigenvalue weighted by molar-refractivity contribution is -0.121. The molecule has 0 aromatic rings. The van der Waals surface area contributed by atoms with Crippen molar-refractivity contribution in [3.05, 3.63) is 0 Å². The van der Waals surface area contributed by atoms with E-state index in [0.717, 1.165) is 0 Å². The molecule has 2 amide bonds. The third-order valence-corrected chi connectivity index (χ3v) is 1.80. The fraction of sp³-hybridized carbons (Fsp3) is 0.833. The highest BCUT2D eigenvalue weighted by Gasteiger charge is 2.15. The molecule has 0 aromatic carbocycles. The third kappa shape index (κ3) is 11.2. The minimum Gasteiger partial charge on any atom is -0.444 e. The van der Waals surface area contributed by atoms with Gasteiger partial charge in [-0.1, -0.05) is 6.92 Å². The molecule has 0 unspecified atom stereocenters. The summed E-state index contributed by atoms with van der Waals surface area (Å²) >= 11 is 0. The van der Waals surface area contributed by atoms with E-state index >= 15 is 0 Å². The van der Waals surface area contributed by atoms with Crippen LogP contribution in [0.5, 0.6) is 0 Å². The standard InChI is InChI=1S/C12H24N2O4/c1-5-10(15)13-6-8-17-9-7-14-11(16)18-12(2,3)4/h5-9H2,1-4H3,(H,13,15)(H,14,16). The Bertz CT molecular complexity index is 261. The summed E-state index contributed by atoms with van der Waals surface area (Å²) in [6, 6.07) is 0. The first-order chi connectivity index (χ1) is 8.35. The Morgan fingerprint density at radius 3 is 2.11 bits per heavy atom. The second-order valence-electron chi connectivity index (χ2n) is 4.74. The minimum atomic E-state index is -0.491. The van der Waals surface area contributed by atoms with Crippen molar-refractivity contribution in [1.82, 2.24) is 10.6 Å². The first-order valence-electron chi connectivity index (χ1n) is 6.16. The van der Waals surface area contributed by atoms with E-state index in [4.69, 9.17) is 9.47 Å². The minimum absolute atomic E-state index is 0.00507. The highest BCUT2D eigenvalue weighted by molar-refractivity contribution is 5.75. The zero-order chi connectivity index (χ0) is 14.0. The van der Waals surface area contributed by atoms with Crippen molar-refractivity contribution in [2.45, 2.75) is 39.7 Å². The predicted octanol–water partition coefficient (Wildman–Crippen LogP) is 1.05. The van der Waals surface area contributed by atoms with Crippen LogP contribution in [0.25, 0.3) is 0 Å². The average molecular weight is 260 g/mol. The number of amides is 2. The monoisotopic (exact) mass is 260 g/mol. The van der Waals surface area contributed by atoms with Crippen LogP contribution in [0.4, 0.5) is 4.79 Å². The number of hydrogen-bond donors (Lipinski definition) is 2. The maximum absolute atomic E-state index is 11.2. The SMILES string of the molecule is CCC(=O)NCCOCCNC(=O)OC(C)(C)C. The van der Waals surface area contributed by atoms with E-state index in [1.54, 1.807) is 27.7 Å². The van der Waals surface area contributed by atoms with Crippen LogP contribution in [0.15, 0.2) is 0 Å². The molecule has 0 spiro atoms. The lowest BCUT2D eigenvalue weighted by atomic mass is 10.2. The maximum Gasteiger partial charge on any atom is 0.407 e. The number of rotatable bonds is 7. The van der Waals surface area contributed by atoms with Gasteiger partial charge in [0.15, 0.2) is 0 Å². The fourth-order valence-electron chi connectivity index (χ4n) is 1.03. The number of ether oxygens (including phenoxy) is 2. The van der Waals surface area contributed by atoms with Gasteiger partial charge in [-0.05, 0) is 20.8 Å². The molecule has 2 N–H and O–H groups in total. The van der Waals surface area contributed by atoms with E-state index in [2.05, 4.69) is 10.6 Å². The smallest absolute Gasteiger partial charge is 0.407 e. The Hall–Kier alpha value is -1.30. The quantitative estimate of drug-likeness (QED) is 0.671. The highest BCUT2D eigenvalue weighted by atomic mass is 16.6. The summed E-state index contributed by atoms with van der Waals surface area (Å²) in [6.45, 7) is 8.90. The Balaban J connectivity index is 3.35. The molecule has 0 saturated heterocycles. The number of alkyl carbamates (subject to hydrolysis) is 1. The molecule has 0 bridgehead atoms. The van der Waals surface area contributed by atoms with Crippen LogP contribution in [-0.2, 0) is 14.3 Å². The van der Waals surface area contributed by atoms with E-state index < -0.39 is 11.7 Å². The van der Waals surface area contributed by atoms with Crippen molar-refractivity contribution in [3.63, 3.8) is 0 Å². The Morgan fingerprint density at radius 2 is 1.61 bits per heavy atom. The zero-order valence-corrected chi connectivity index (χ0v) is 11.7. The third-order valence-electron chi connectivity index (χ3n) is 1.80. The summed E-state index contributed by atoms with van der Waals surface area (Å²) in [5, 5.41) is 5.26. The molecule has 106 valence electrons. The molecule has 0 heterocycles. The van der Waals surface area contributed by atoms with Gasteiger partial charge in [-0.15, -0.1) is 0 Å². The van der Waals surface area contributed by atoms with Crippen molar-refractivity contribution >= 4 is 12.0 Å². The first kappa shape index (κ1) is 16.7. The second-order valence-corrected chi connectivity index (χ2v) is 4.74. The van der Waals surface area contributed by atoms with E-state index in [1.807, 2.05) is 0 Å². The molecule has 6 heteroatoms. The largest absolute Gasteiger partial charge is 0.444 e. The van der Waals surface area contributed by atoms with Gasteiger partial charge in [0.05, 0.1) is 13.2 Å². The number of carbonyl (C=O) groups is 2. The van der Waals surface area contributed by atoms with E-state index in [0.29, 0.717) is 32.7 Å². The lowest BCUT2D eigenvalue weighted by Gasteiger charge is -2.19. The highest BCUT2D eigenvalue weighted by Crippen LogP contribution is 2.05. The van der Waals surface area contributed by atoms with Crippen molar-refractivity contribution in [2.24, 2.45) is 0 Å². The molecule has 0 rings (SSSR count). The van der Waals surface area contributed by atoms with Gasteiger partial charge in [0.2, 0.25) is 5.91 Å². The average Bonchev–Trinajstić information content (AvgIpc) is 2.25. The Labute approximate surface area is 108 Å². The van der Waals surface area contributed by atoms with E-state index in [9.17, 15) is 9.59 Å². The van der Waals surface area contributed by atoms with Crippen LogP contribution in [0.3, 0.4) is 0 Å². The first-order valence-corrected chi connectivity index (χ1v) is 6.16. The zero-order valence-electron chi connectivity index (χ0n) is 11.7. The number of hydrogen-bond acceptors (Lipinski definition) is 4. The summed E-state index contributed by atoms with van der Waals surface area (Å²) < 4.78 is 10.3. The van der Waals surface area contributed by atoms with Crippen molar-refractivity contribution in [1.29, 1.82) is 0 Å². The molecule has 0 saturated carbocycles. The van der Waals surface area contributed by atoms with Gasteiger partial charge in [0.25, 0.3) is 0 Å². The summed E-state index contributed by atoms with van der Waals surface area (Å²) in [4.78, 5) is 22.1. The molecule has 0 aliphatic rings. The van der Waals surface area contributed by atoms with Crippen LogP contribution in [0.1, 0.15) is 34.1 Å². The van der Waals surface area contributed by atoms with Crippen molar-refractivity contribution in [3.8, 4) is 0 Å². The van der Waals surface area contributed by atoms with Crippen LogP contribution >= 0.6 is 0 Å². The van der Waals surface area contributed by atoms with E-state index in [1.165, 1.54) is 0 Å². The van der Waals surface area contributed by atoms with Crippen molar-refractivity contribution < 1.29 is 19.1 Å².